The molecule has 1 amide bonds. The van der Waals surface area contributed by atoms with Crippen LogP contribution in [0.1, 0.15) is 48.0 Å². The minimum absolute atomic E-state index is 0.149. The Morgan fingerprint density at radius 1 is 1.00 bits per heavy atom. The van der Waals surface area contributed by atoms with E-state index >= 15 is 0 Å². The molecule has 5 nitrogen and oxygen atoms in total. The third kappa shape index (κ3) is 4.50. The number of nitrogens with zero attached hydrogens (tertiary/aromatic N) is 1. The lowest BCUT2D eigenvalue weighted by molar-refractivity contribution is 0.0697. The number of amides is 1. The van der Waals surface area contributed by atoms with Gasteiger partial charge in [-0.15, -0.1) is 0 Å². The van der Waals surface area contributed by atoms with Crippen molar-refractivity contribution in [1.29, 1.82) is 0 Å². The van der Waals surface area contributed by atoms with Gasteiger partial charge in [-0.2, -0.15) is 0 Å². The Morgan fingerprint density at radius 3 is 2.30 bits per heavy atom. The number of benzene rings is 2. The lowest BCUT2D eigenvalue weighted by atomic mass is 9.94. The van der Waals surface area contributed by atoms with Crippen molar-refractivity contribution >= 4 is 21.6 Å². The molecule has 1 fully saturated rings. The van der Waals surface area contributed by atoms with Gasteiger partial charge in [0.15, 0.2) is 0 Å². The molecule has 0 heterocycles. The van der Waals surface area contributed by atoms with Crippen LogP contribution in [0.3, 0.4) is 0 Å². The number of nitrogens with one attached hydrogen (secondary N) is 1. The van der Waals surface area contributed by atoms with Crippen LogP contribution >= 0.6 is 0 Å². The fourth-order valence-corrected chi connectivity index (χ4v) is 4.58. The van der Waals surface area contributed by atoms with Gasteiger partial charge in [0.1, 0.15) is 0 Å². The Morgan fingerprint density at radius 2 is 1.63 bits per heavy atom. The predicted octanol–water partition coefficient (Wildman–Crippen LogP) is 4.20. The van der Waals surface area contributed by atoms with Crippen LogP contribution in [-0.4, -0.2) is 32.3 Å². The summed E-state index contributed by atoms with van der Waals surface area (Å²) in [4.78, 5) is 15.0. The molecule has 0 saturated heterocycles. The minimum atomic E-state index is -3.76. The molecular weight excluding hydrogens is 360 g/mol. The topological polar surface area (TPSA) is 66.5 Å². The van der Waals surface area contributed by atoms with Crippen molar-refractivity contribution in [2.24, 2.45) is 0 Å². The van der Waals surface area contributed by atoms with E-state index in [0.29, 0.717) is 11.3 Å². The highest BCUT2D eigenvalue weighted by molar-refractivity contribution is 7.92. The lowest BCUT2D eigenvalue weighted by Crippen LogP contribution is -2.38. The van der Waals surface area contributed by atoms with E-state index in [9.17, 15) is 13.2 Å². The number of rotatable bonds is 5. The number of hydrogen-bond donors (Lipinski definition) is 1. The van der Waals surface area contributed by atoms with Gasteiger partial charge in [-0.25, -0.2) is 8.42 Å². The second-order valence-electron chi connectivity index (χ2n) is 7.17. The summed E-state index contributed by atoms with van der Waals surface area (Å²) in [7, 11) is -1.95. The van der Waals surface area contributed by atoms with Crippen molar-refractivity contribution in [3.63, 3.8) is 0 Å². The molecule has 0 aliphatic heterocycles. The first-order chi connectivity index (χ1) is 12.9. The fraction of sp³-hybridized carbons (Fsp3) is 0.381. The van der Waals surface area contributed by atoms with Crippen LogP contribution in [0.4, 0.5) is 5.69 Å². The van der Waals surface area contributed by atoms with Gasteiger partial charge in [0.05, 0.1) is 16.1 Å². The fourth-order valence-electron chi connectivity index (χ4n) is 3.50. The molecule has 1 aliphatic rings. The van der Waals surface area contributed by atoms with E-state index in [1.165, 1.54) is 6.42 Å². The van der Waals surface area contributed by atoms with Crippen LogP contribution < -0.4 is 4.72 Å². The highest BCUT2D eigenvalue weighted by Crippen LogP contribution is 2.26. The van der Waals surface area contributed by atoms with Crippen LogP contribution in [0.5, 0.6) is 0 Å². The molecule has 1 N–H and O–H groups in total. The number of aryl methyl sites for hydroxylation is 1. The summed E-state index contributed by atoms with van der Waals surface area (Å²) in [5.74, 6) is -0.149. The van der Waals surface area contributed by atoms with E-state index in [1.54, 1.807) is 53.4 Å². The monoisotopic (exact) mass is 386 g/mol. The Balaban J connectivity index is 1.85. The van der Waals surface area contributed by atoms with Crippen molar-refractivity contribution in [2.45, 2.75) is 50.0 Å². The van der Waals surface area contributed by atoms with Crippen molar-refractivity contribution < 1.29 is 13.2 Å². The molecule has 1 aliphatic carbocycles. The maximum atomic E-state index is 13.0. The lowest BCUT2D eigenvalue weighted by Gasteiger charge is -2.31. The Labute approximate surface area is 161 Å². The van der Waals surface area contributed by atoms with Crippen LogP contribution in [0.2, 0.25) is 0 Å². The maximum absolute atomic E-state index is 13.0. The standard InChI is InChI=1S/C21H26N2O3S/c1-16-12-14-18(15-13-16)27(25,26)22-20-11-7-6-10-19(20)21(24)23(2)17-8-4-3-5-9-17/h6-7,10-15,17,22H,3-5,8-9H2,1-2H3. The molecule has 2 aromatic rings. The number of carbonyl (C=O) groups excluding carboxylic acids is 1. The van der Waals surface area contributed by atoms with Gasteiger partial charge in [-0.3, -0.25) is 9.52 Å². The molecule has 27 heavy (non-hydrogen) atoms. The first-order valence-electron chi connectivity index (χ1n) is 9.34. The molecule has 0 spiro atoms. The average Bonchev–Trinajstić information content (AvgIpc) is 2.68. The summed E-state index contributed by atoms with van der Waals surface area (Å²) in [6.07, 6.45) is 5.47. The van der Waals surface area contributed by atoms with Crippen LogP contribution in [0.25, 0.3) is 0 Å². The van der Waals surface area contributed by atoms with E-state index in [-0.39, 0.29) is 16.8 Å². The summed E-state index contributed by atoms with van der Waals surface area (Å²) in [5.41, 5.74) is 1.67. The third-order valence-electron chi connectivity index (χ3n) is 5.18. The molecule has 0 atom stereocenters. The van der Waals surface area contributed by atoms with Crippen LogP contribution in [-0.2, 0) is 10.0 Å². The number of hydrogen-bond acceptors (Lipinski definition) is 3. The quantitative estimate of drug-likeness (QED) is 0.837. The van der Waals surface area contributed by atoms with Gasteiger partial charge in [0, 0.05) is 13.1 Å². The predicted molar refractivity (Wildman–Crippen MR) is 107 cm³/mol. The van der Waals surface area contributed by atoms with E-state index in [2.05, 4.69) is 4.72 Å². The van der Waals surface area contributed by atoms with Gasteiger partial charge >= 0.3 is 0 Å². The Hall–Kier alpha value is -2.34. The second-order valence-corrected chi connectivity index (χ2v) is 8.85. The summed E-state index contributed by atoms with van der Waals surface area (Å²) in [6.45, 7) is 1.90. The number of anilines is 1. The largest absolute Gasteiger partial charge is 0.339 e. The zero-order valence-corrected chi connectivity index (χ0v) is 16.6. The zero-order valence-electron chi connectivity index (χ0n) is 15.8. The highest BCUT2D eigenvalue weighted by atomic mass is 32.2. The van der Waals surface area contributed by atoms with Gasteiger partial charge in [0.2, 0.25) is 0 Å². The molecule has 0 radical (unpaired) electrons. The second kappa shape index (κ2) is 8.13. The molecule has 3 rings (SSSR count). The molecule has 6 heteroatoms. The van der Waals surface area contributed by atoms with Crippen LogP contribution in [0, 0.1) is 6.92 Å². The van der Waals surface area contributed by atoms with Gasteiger partial charge in [-0.1, -0.05) is 49.1 Å². The normalized spacial score (nSPS) is 15.3. The van der Waals surface area contributed by atoms with Gasteiger partial charge in [-0.05, 0) is 44.0 Å². The number of para-hydroxylation sites is 1. The molecular formula is C21H26N2O3S. The maximum Gasteiger partial charge on any atom is 0.261 e. The third-order valence-corrected chi connectivity index (χ3v) is 6.56. The first kappa shape index (κ1) is 19.4. The zero-order chi connectivity index (χ0) is 19.4. The summed E-state index contributed by atoms with van der Waals surface area (Å²) < 4.78 is 28.0. The molecule has 2 aromatic carbocycles. The van der Waals surface area contributed by atoms with Gasteiger partial charge in [0.25, 0.3) is 15.9 Å². The van der Waals surface area contributed by atoms with Crippen LogP contribution in [0.15, 0.2) is 53.4 Å². The molecule has 144 valence electrons. The van der Waals surface area contributed by atoms with Gasteiger partial charge < -0.3 is 4.90 Å². The van der Waals surface area contributed by atoms with Crippen molar-refractivity contribution in [3.05, 3.63) is 59.7 Å². The van der Waals surface area contributed by atoms with E-state index < -0.39 is 10.0 Å². The summed E-state index contributed by atoms with van der Waals surface area (Å²) in [5, 5.41) is 0. The van der Waals surface area contributed by atoms with Crippen molar-refractivity contribution in [1.82, 2.24) is 4.90 Å². The molecule has 0 aromatic heterocycles. The number of sulfonamides is 1. The highest BCUT2D eigenvalue weighted by Gasteiger charge is 2.25. The number of carbonyl (C=O) groups is 1. The minimum Gasteiger partial charge on any atom is -0.339 e. The average molecular weight is 387 g/mol. The smallest absolute Gasteiger partial charge is 0.261 e. The van der Waals surface area contributed by atoms with Crippen molar-refractivity contribution in [2.75, 3.05) is 11.8 Å². The summed E-state index contributed by atoms with van der Waals surface area (Å²) >= 11 is 0. The van der Waals surface area contributed by atoms with E-state index in [4.69, 9.17) is 0 Å². The Bertz CT molecular complexity index is 901. The molecule has 0 unspecified atom stereocenters. The van der Waals surface area contributed by atoms with E-state index in [0.717, 1.165) is 31.2 Å². The molecule has 1 saturated carbocycles. The molecule has 0 bridgehead atoms. The summed E-state index contributed by atoms with van der Waals surface area (Å²) in [6, 6.07) is 13.6. The van der Waals surface area contributed by atoms with E-state index in [1.807, 2.05) is 14.0 Å². The first-order valence-corrected chi connectivity index (χ1v) is 10.8. The Kier molecular flexibility index (Phi) is 5.85. The van der Waals surface area contributed by atoms with Crippen molar-refractivity contribution in [3.8, 4) is 0 Å². The SMILES string of the molecule is Cc1ccc(S(=O)(=O)Nc2ccccc2C(=O)N(C)C2CCCCC2)cc1.